The van der Waals surface area contributed by atoms with Crippen LogP contribution in [0.1, 0.15) is 44.1 Å². The first-order valence-corrected chi connectivity index (χ1v) is 8.72. The van der Waals surface area contributed by atoms with Gasteiger partial charge in [0.05, 0.1) is 12.5 Å². The van der Waals surface area contributed by atoms with Crippen LogP contribution in [-0.2, 0) is 19.1 Å². The zero-order valence-corrected chi connectivity index (χ0v) is 15.3. The van der Waals surface area contributed by atoms with E-state index in [9.17, 15) is 27.2 Å². The van der Waals surface area contributed by atoms with E-state index in [1.165, 1.54) is 0 Å². The molecule has 0 heterocycles. The van der Waals surface area contributed by atoms with E-state index in [1.54, 1.807) is 0 Å². The first-order valence-electron chi connectivity index (χ1n) is 8.72. The lowest BCUT2D eigenvalue weighted by atomic mass is 9.98. The zero-order chi connectivity index (χ0) is 20.8. The summed E-state index contributed by atoms with van der Waals surface area (Å²) < 4.78 is 69.0. The number of carbonyl (C=O) groups excluding carboxylic acids is 2. The van der Waals surface area contributed by atoms with Gasteiger partial charge in [-0.15, -0.1) is 0 Å². The highest BCUT2D eigenvalue weighted by atomic mass is 19.2. The maximum absolute atomic E-state index is 13.7. The van der Waals surface area contributed by atoms with Crippen molar-refractivity contribution in [2.75, 3.05) is 6.79 Å². The van der Waals surface area contributed by atoms with E-state index in [0.29, 0.717) is 0 Å². The summed E-state index contributed by atoms with van der Waals surface area (Å²) in [5.41, 5.74) is -1.26. The Morgan fingerprint density at radius 2 is 1.57 bits per heavy atom. The molecule has 5 nitrogen and oxygen atoms in total. The van der Waals surface area contributed by atoms with Crippen LogP contribution in [0.5, 0.6) is 5.75 Å². The molecule has 1 aromatic carbocycles. The van der Waals surface area contributed by atoms with Crippen LogP contribution in [0.25, 0.3) is 0 Å². The molecular weight excluding hydrogens is 384 g/mol. The highest BCUT2D eigenvalue weighted by molar-refractivity contribution is 5.93. The van der Waals surface area contributed by atoms with Gasteiger partial charge in [-0.2, -0.15) is 8.78 Å². The van der Waals surface area contributed by atoms with Crippen LogP contribution in [0.2, 0.25) is 0 Å². The van der Waals surface area contributed by atoms with Crippen LogP contribution in [-0.4, -0.2) is 24.8 Å². The van der Waals surface area contributed by atoms with E-state index in [2.05, 4.69) is 11.3 Å². The second-order valence-corrected chi connectivity index (χ2v) is 6.44. The molecule has 0 atom stereocenters. The summed E-state index contributed by atoms with van der Waals surface area (Å²) in [5, 5.41) is 0. The van der Waals surface area contributed by atoms with Gasteiger partial charge < -0.3 is 14.2 Å². The van der Waals surface area contributed by atoms with Crippen molar-refractivity contribution >= 4 is 11.9 Å². The van der Waals surface area contributed by atoms with E-state index in [1.807, 2.05) is 0 Å². The molecular formula is C19H20F4O5. The summed E-state index contributed by atoms with van der Waals surface area (Å²) in [6.45, 7) is 3.83. The van der Waals surface area contributed by atoms with Gasteiger partial charge in [-0.05, 0) is 19.8 Å². The Morgan fingerprint density at radius 3 is 2.14 bits per heavy atom. The zero-order valence-electron chi connectivity index (χ0n) is 15.3. The lowest BCUT2D eigenvalue weighted by Gasteiger charge is -2.21. The molecule has 0 N–H and O–H groups in total. The fourth-order valence-electron chi connectivity index (χ4n) is 2.72. The minimum absolute atomic E-state index is 0.00272. The molecule has 1 aliphatic carbocycles. The number of benzene rings is 1. The number of hydrogen-bond donors (Lipinski definition) is 0. The molecule has 0 unspecified atom stereocenters. The molecule has 28 heavy (non-hydrogen) atoms. The molecule has 0 radical (unpaired) electrons. The molecule has 1 aliphatic rings. The predicted octanol–water partition coefficient (Wildman–Crippen LogP) is 4.25. The normalized spacial score (nSPS) is 14.6. The third kappa shape index (κ3) is 5.31. The molecule has 154 valence electrons. The van der Waals surface area contributed by atoms with Crippen molar-refractivity contribution in [3.63, 3.8) is 0 Å². The van der Waals surface area contributed by atoms with Gasteiger partial charge in [0.2, 0.25) is 17.4 Å². The fourth-order valence-corrected chi connectivity index (χ4v) is 2.72. The van der Waals surface area contributed by atoms with Gasteiger partial charge in [-0.3, -0.25) is 4.79 Å². The van der Waals surface area contributed by atoms with Gasteiger partial charge >= 0.3 is 11.9 Å². The first kappa shape index (κ1) is 21.9. The standard InChI is InChI=1S/C19H20F4O5/c1-10(19(25)27-9-26-12-6-4-3-5-7-12)8-13(24)28-18-16(22)14(20)11(2)15(21)17(18)23/h12H,1,3-9H2,2H3. The third-order valence-electron chi connectivity index (χ3n) is 4.35. The van der Waals surface area contributed by atoms with Crippen LogP contribution in [0, 0.1) is 30.2 Å². The van der Waals surface area contributed by atoms with Crippen molar-refractivity contribution in [3.8, 4) is 5.75 Å². The maximum atomic E-state index is 13.7. The Hall–Kier alpha value is -2.42. The first-order chi connectivity index (χ1) is 13.2. The Bertz CT molecular complexity index is 743. The highest BCUT2D eigenvalue weighted by Crippen LogP contribution is 2.30. The average Bonchev–Trinajstić information content (AvgIpc) is 2.69. The summed E-state index contributed by atoms with van der Waals surface area (Å²) in [4.78, 5) is 23.5. The smallest absolute Gasteiger partial charge is 0.336 e. The molecule has 0 spiro atoms. The summed E-state index contributed by atoms with van der Waals surface area (Å²) in [5.74, 6) is -10.9. The van der Waals surface area contributed by atoms with Gasteiger partial charge in [0.1, 0.15) is 0 Å². The Labute approximate surface area is 159 Å². The number of esters is 2. The van der Waals surface area contributed by atoms with Crippen LogP contribution < -0.4 is 4.74 Å². The Kier molecular flexibility index (Phi) is 7.56. The lowest BCUT2D eigenvalue weighted by molar-refractivity contribution is -0.158. The molecule has 0 bridgehead atoms. The maximum Gasteiger partial charge on any atom is 0.336 e. The largest absolute Gasteiger partial charge is 0.435 e. The Morgan fingerprint density at radius 1 is 1.00 bits per heavy atom. The molecule has 1 saturated carbocycles. The molecule has 9 heteroatoms. The molecule has 1 aromatic rings. The molecule has 2 rings (SSSR count). The summed E-state index contributed by atoms with van der Waals surface area (Å²) in [7, 11) is 0. The van der Waals surface area contributed by atoms with Crippen molar-refractivity contribution in [2.45, 2.75) is 51.6 Å². The van der Waals surface area contributed by atoms with Crippen LogP contribution in [0.3, 0.4) is 0 Å². The molecule has 0 aliphatic heterocycles. The van der Waals surface area contributed by atoms with Gasteiger partial charge in [0, 0.05) is 11.1 Å². The second-order valence-electron chi connectivity index (χ2n) is 6.44. The number of hydrogen-bond acceptors (Lipinski definition) is 5. The summed E-state index contributed by atoms with van der Waals surface area (Å²) in [6, 6.07) is 0. The molecule has 0 amide bonds. The second kappa shape index (κ2) is 9.68. The van der Waals surface area contributed by atoms with Crippen molar-refractivity contribution in [1.29, 1.82) is 0 Å². The van der Waals surface area contributed by atoms with Crippen LogP contribution >= 0.6 is 0 Å². The van der Waals surface area contributed by atoms with Crippen LogP contribution in [0.4, 0.5) is 17.6 Å². The van der Waals surface area contributed by atoms with Crippen molar-refractivity contribution in [2.24, 2.45) is 0 Å². The highest BCUT2D eigenvalue weighted by Gasteiger charge is 2.27. The third-order valence-corrected chi connectivity index (χ3v) is 4.35. The fraction of sp³-hybridized carbons (Fsp3) is 0.474. The Balaban J connectivity index is 1.87. The monoisotopic (exact) mass is 404 g/mol. The number of rotatable bonds is 7. The minimum Gasteiger partial charge on any atom is -0.435 e. The predicted molar refractivity (Wildman–Crippen MR) is 89.3 cm³/mol. The quantitative estimate of drug-likeness (QED) is 0.170. The lowest BCUT2D eigenvalue weighted by Crippen LogP contribution is -2.21. The molecule has 1 fully saturated rings. The van der Waals surface area contributed by atoms with E-state index in [0.717, 1.165) is 39.0 Å². The van der Waals surface area contributed by atoms with Crippen LogP contribution in [0.15, 0.2) is 12.2 Å². The van der Waals surface area contributed by atoms with Gasteiger partial charge in [0.15, 0.2) is 18.4 Å². The molecule has 0 saturated heterocycles. The summed E-state index contributed by atoms with van der Waals surface area (Å²) in [6.07, 6.45) is 4.14. The van der Waals surface area contributed by atoms with Crippen molar-refractivity contribution < 1.29 is 41.4 Å². The topological polar surface area (TPSA) is 61.8 Å². The SMILES string of the molecule is C=C(CC(=O)Oc1c(F)c(F)c(C)c(F)c1F)C(=O)OCOC1CCCCC1. The number of ether oxygens (including phenoxy) is 3. The number of halogens is 4. The number of carbonyl (C=O) groups is 2. The van der Waals surface area contributed by atoms with Crippen molar-refractivity contribution in [1.82, 2.24) is 0 Å². The van der Waals surface area contributed by atoms with Crippen molar-refractivity contribution in [3.05, 3.63) is 41.0 Å². The average molecular weight is 404 g/mol. The minimum atomic E-state index is -1.85. The van der Waals surface area contributed by atoms with E-state index in [4.69, 9.17) is 9.47 Å². The van der Waals surface area contributed by atoms with Gasteiger partial charge in [-0.25, -0.2) is 13.6 Å². The van der Waals surface area contributed by atoms with Gasteiger partial charge in [-0.1, -0.05) is 25.8 Å². The van der Waals surface area contributed by atoms with Gasteiger partial charge in [0.25, 0.3) is 0 Å². The summed E-state index contributed by atoms with van der Waals surface area (Å²) >= 11 is 0. The molecule has 0 aromatic heterocycles. The van der Waals surface area contributed by atoms with E-state index >= 15 is 0 Å². The van der Waals surface area contributed by atoms with E-state index in [-0.39, 0.29) is 18.5 Å². The van der Waals surface area contributed by atoms with E-state index < -0.39 is 52.9 Å².